The van der Waals surface area contributed by atoms with Crippen molar-refractivity contribution in [2.75, 3.05) is 33.3 Å². The van der Waals surface area contributed by atoms with Crippen molar-refractivity contribution in [3.63, 3.8) is 0 Å². The predicted octanol–water partition coefficient (Wildman–Crippen LogP) is 5.24. The average Bonchev–Trinajstić information content (AvgIpc) is 3.09. The first-order valence-corrected chi connectivity index (χ1v) is 19.3. The summed E-state index contributed by atoms with van der Waals surface area (Å²) in [5.74, 6) is -1.87. The van der Waals surface area contributed by atoms with E-state index in [-0.39, 0.29) is 43.1 Å². The monoisotopic (exact) mass is 736 g/mol. The van der Waals surface area contributed by atoms with E-state index in [2.05, 4.69) is 10.2 Å². The van der Waals surface area contributed by atoms with Gasteiger partial charge >= 0.3 is 18.0 Å². The van der Waals surface area contributed by atoms with E-state index in [9.17, 15) is 29.7 Å². The zero-order chi connectivity index (χ0) is 38.8. The molecular weight excluding hydrogens is 668 g/mol. The van der Waals surface area contributed by atoms with E-state index in [1.165, 1.54) is 33.1 Å². The van der Waals surface area contributed by atoms with Crippen LogP contribution in [0, 0.1) is 17.8 Å². The second-order valence-electron chi connectivity index (χ2n) is 15.1. The Morgan fingerprint density at radius 2 is 1.87 bits per heavy atom. The molecular formula is C40H68N2O10. The lowest BCUT2D eigenvalue weighted by atomic mass is 9.88. The smallest absolute Gasteiger partial charge is 0.407 e. The van der Waals surface area contributed by atoms with Gasteiger partial charge in [0.15, 0.2) is 0 Å². The van der Waals surface area contributed by atoms with Crippen molar-refractivity contribution in [3.8, 4) is 0 Å². The minimum Gasteiger partial charge on any atom is -0.457 e. The number of ether oxygens (including phenoxy) is 4. The minimum atomic E-state index is -1.46. The quantitative estimate of drug-likeness (QED) is 0.0539. The van der Waals surface area contributed by atoms with Gasteiger partial charge in [-0.1, -0.05) is 58.4 Å². The Labute approximate surface area is 312 Å². The molecule has 2 heterocycles. The summed E-state index contributed by atoms with van der Waals surface area (Å²) in [6.45, 7) is 16.0. The highest BCUT2D eigenvalue weighted by Gasteiger charge is 2.35. The highest BCUT2D eigenvalue weighted by Crippen LogP contribution is 2.28. The van der Waals surface area contributed by atoms with E-state index in [0.29, 0.717) is 18.5 Å². The van der Waals surface area contributed by atoms with Crippen molar-refractivity contribution in [2.24, 2.45) is 17.8 Å². The largest absolute Gasteiger partial charge is 0.457 e. The van der Waals surface area contributed by atoms with Gasteiger partial charge in [0.05, 0.1) is 24.7 Å². The third-order valence-corrected chi connectivity index (χ3v) is 10.3. The van der Waals surface area contributed by atoms with Gasteiger partial charge in [0.2, 0.25) is 0 Å². The number of nitrogens with zero attached hydrogens (tertiary/aromatic N) is 1. The van der Waals surface area contributed by atoms with Gasteiger partial charge in [-0.25, -0.2) is 4.79 Å². The number of esters is 2. The number of likely N-dealkylation sites (tertiary alicyclic amines) is 1. The predicted molar refractivity (Wildman–Crippen MR) is 200 cm³/mol. The molecule has 0 radical (unpaired) electrons. The van der Waals surface area contributed by atoms with E-state index in [0.717, 1.165) is 32.5 Å². The summed E-state index contributed by atoms with van der Waals surface area (Å²) < 4.78 is 22.7. The van der Waals surface area contributed by atoms with Gasteiger partial charge in [-0.3, -0.25) is 9.59 Å². The number of nitrogens with one attached hydrogen (secondary N) is 1. The Morgan fingerprint density at radius 3 is 2.50 bits per heavy atom. The minimum absolute atomic E-state index is 0.0232. The number of amides is 1. The number of methoxy groups -OCH3 is 1. The SMILES string of the molecule is CCC(OC)C(C)CC(O)C(OC(=O)NCCCN1CCCCC1)C(C)/C=C/C=C(\C)C1OC(=O)CC(O)CCC(C)(O)C(OC(C)=O)/C=C/C1C. The molecule has 0 aliphatic carbocycles. The van der Waals surface area contributed by atoms with Gasteiger partial charge in [-0.05, 0) is 96.0 Å². The number of aliphatic hydroxyl groups is 3. The number of carbonyl (C=O) groups excluding carboxylic acids is 3. The first-order valence-electron chi connectivity index (χ1n) is 19.3. The fourth-order valence-corrected chi connectivity index (χ4v) is 7.06. The second-order valence-corrected chi connectivity index (χ2v) is 15.1. The highest BCUT2D eigenvalue weighted by atomic mass is 16.6. The van der Waals surface area contributed by atoms with Gasteiger partial charge in [-0.15, -0.1) is 0 Å². The molecule has 2 rings (SSSR count). The molecule has 0 aromatic heterocycles. The average molecular weight is 737 g/mol. The second kappa shape index (κ2) is 23.1. The molecule has 1 saturated heterocycles. The first kappa shape index (κ1) is 45.4. The summed E-state index contributed by atoms with van der Waals surface area (Å²) in [7, 11) is 1.66. The van der Waals surface area contributed by atoms with Crippen LogP contribution in [0.1, 0.15) is 106 Å². The van der Waals surface area contributed by atoms with Crippen LogP contribution >= 0.6 is 0 Å². The zero-order valence-corrected chi connectivity index (χ0v) is 32.9. The zero-order valence-electron chi connectivity index (χ0n) is 32.9. The van der Waals surface area contributed by atoms with E-state index < -0.39 is 54.2 Å². The number of carbonyl (C=O) groups is 3. The molecule has 12 nitrogen and oxygen atoms in total. The Hall–Kier alpha value is -2.77. The van der Waals surface area contributed by atoms with Crippen LogP contribution < -0.4 is 5.32 Å². The summed E-state index contributed by atoms with van der Waals surface area (Å²) in [5, 5.41) is 35.8. The summed E-state index contributed by atoms with van der Waals surface area (Å²) >= 11 is 0. The van der Waals surface area contributed by atoms with E-state index in [4.69, 9.17) is 18.9 Å². The number of allylic oxidation sites excluding steroid dienone is 2. The van der Waals surface area contributed by atoms with Crippen molar-refractivity contribution < 1.29 is 48.7 Å². The lowest BCUT2D eigenvalue weighted by Crippen LogP contribution is -2.42. The van der Waals surface area contributed by atoms with Crippen LogP contribution in [-0.4, -0.2) is 114 Å². The van der Waals surface area contributed by atoms with Crippen LogP contribution in [0.3, 0.4) is 0 Å². The maximum Gasteiger partial charge on any atom is 0.407 e. The van der Waals surface area contributed by atoms with Crippen molar-refractivity contribution in [1.82, 2.24) is 10.2 Å². The molecule has 4 N–H and O–H groups in total. The Bertz CT molecular complexity index is 1180. The molecule has 2 aliphatic heterocycles. The van der Waals surface area contributed by atoms with E-state index in [1.54, 1.807) is 31.4 Å². The van der Waals surface area contributed by atoms with Crippen molar-refractivity contribution in [1.29, 1.82) is 0 Å². The third kappa shape index (κ3) is 16.1. The van der Waals surface area contributed by atoms with Gasteiger partial charge in [0.1, 0.15) is 23.9 Å². The number of hydrogen-bond acceptors (Lipinski definition) is 11. The van der Waals surface area contributed by atoms with Gasteiger partial charge in [0, 0.05) is 32.4 Å². The number of hydrogen-bond donors (Lipinski definition) is 4. The fraction of sp³-hybridized carbons (Fsp3) is 0.775. The van der Waals surface area contributed by atoms with Gasteiger partial charge in [0.25, 0.3) is 0 Å². The number of cyclic esters (lactones) is 1. The molecule has 1 fully saturated rings. The first-order chi connectivity index (χ1) is 24.6. The lowest BCUT2D eigenvalue weighted by Gasteiger charge is -2.32. The van der Waals surface area contributed by atoms with Gasteiger partial charge in [-0.2, -0.15) is 0 Å². The highest BCUT2D eigenvalue weighted by molar-refractivity contribution is 5.70. The molecule has 10 atom stereocenters. The van der Waals surface area contributed by atoms with Gasteiger partial charge < -0.3 is 44.5 Å². The molecule has 2 aliphatic rings. The molecule has 298 valence electrons. The van der Waals surface area contributed by atoms with E-state index >= 15 is 0 Å². The number of rotatable bonds is 16. The summed E-state index contributed by atoms with van der Waals surface area (Å²) in [4.78, 5) is 40.1. The molecule has 1 amide bonds. The third-order valence-electron chi connectivity index (χ3n) is 10.3. The molecule has 52 heavy (non-hydrogen) atoms. The number of aliphatic hydroxyl groups excluding tert-OH is 2. The maximum absolute atomic E-state index is 13.0. The molecule has 0 aromatic carbocycles. The summed E-state index contributed by atoms with van der Waals surface area (Å²) in [6, 6.07) is 0. The molecule has 0 bridgehead atoms. The van der Waals surface area contributed by atoms with Crippen LogP contribution in [-0.2, 0) is 28.5 Å². The molecule has 0 spiro atoms. The summed E-state index contributed by atoms with van der Waals surface area (Å²) in [6.07, 6.45) is 9.27. The van der Waals surface area contributed by atoms with Crippen LogP contribution in [0.25, 0.3) is 0 Å². The Kier molecular flexibility index (Phi) is 20.2. The lowest BCUT2D eigenvalue weighted by molar-refractivity contribution is -0.157. The van der Waals surface area contributed by atoms with Crippen LogP contribution in [0.5, 0.6) is 0 Å². The van der Waals surface area contributed by atoms with Crippen molar-refractivity contribution >= 4 is 18.0 Å². The standard InChI is InChI=1S/C40H68N2O10/c1-9-34(49-8)30(5)25-33(45)38(52-39(47)41-21-14-24-42-22-11-10-12-23-42)28(3)16-13-15-27(2)37-29(4)17-18-35(50-31(6)43)40(7,48)20-19-32(44)26-36(46)51-37/h13,15-18,28-30,32-35,37-38,44-45,48H,9-12,14,19-26H2,1-8H3,(H,41,47)/b16-13+,18-17+,27-15+. The Morgan fingerprint density at radius 1 is 1.17 bits per heavy atom. The maximum atomic E-state index is 13.0. The van der Waals surface area contributed by atoms with Crippen LogP contribution in [0.4, 0.5) is 4.79 Å². The van der Waals surface area contributed by atoms with Crippen molar-refractivity contribution in [2.45, 2.75) is 148 Å². The molecule has 0 aromatic rings. The fourth-order valence-electron chi connectivity index (χ4n) is 7.06. The van der Waals surface area contributed by atoms with Crippen molar-refractivity contribution in [3.05, 3.63) is 36.0 Å². The molecule has 12 heteroatoms. The number of alkyl carbamates (subject to hydrolysis) is 1. The van der Waals surface area contributed by atoms with Crippen LogP contribution in [0.2, 0.25) is 0 Å². The molecule has 10 unspecified atom stereocenters. The van der Waals surface area contributed by atoms with E-state index in [1.807, 2.05) is 40.7 Å². The Balaban J connectivity index is 2.24. The molecule has 0 saturated carbocycles. The number of piperidine rings is 1. The van der Waals surface area contributed by atoms with Crippen LogP contribution in [0.15, 0.2) is 36.0 Å². The topological polar surface area (TPSA) is 164 Å². The summed E-state index contributed by atoms with van der Waals surface area (Å²) in [5.41, 5.74) is -0.766. The normalized spacial score (nSPS) is 29.1.